The first kappa shape index (κ1) is 16.2. The molecule has 1 amide bonds. The molecule has 2 fully saturated rings. The van der Waals surface area contributed by atoms with Gasteiger partial charge in [-0.15, -0.1) is 0 Å². The van der Waals surface area contributed by atoms with Crippen LogP contribution >= 0.6 is 0 Å². The topological polar surface area (TPSA) is 106 Å². The minimum Gasteiger partial charge on any atom is -0.381 e. The van der Waals surface area contributed by atoms with Gasteiger partial charge in [-0.1, -0.05) is 12.1 Å². The Kier molecular flexibility index (Phi) is 4.27. The number of H-pyrrole nitrogens is 1. The Balaban J connectivity index is 1.51. The second kappa shape index (κ2) is 6.57. The monoisotopic (exact) mass is 341 g/mol. The van der Waals surface area contributed by atoms with Crippen molar-refractivity contribution >= 4 is 11.6 Å². The van der Waals surface area contributed by atoms with Crippen molar-refractivity contribution < 1.29 is 9.53 Å². The van der Waals surface area contributed by atoms with Crippen LogP contribution in [0.1, 0.15) is 37.4 Å². The Morgan fingerprint density at radius 1 is 1.36 bits per heavy atom. The van der Waals surface area contributed by atoms with E-state index in [2.05, 4.69) is 20.5 Å². The maximum absolute atomic E-state index is 12.8. The molecule has 1 saturated carbocycles. The molecule has 4 rings (SSSR count). The van der Waals surface area contributed by atoms with E-state index in [1.54, 1.807) is 0 Å². The van der Waals surface area contributed by atoms with Crippen LogP contribution in [-0.4, -0.2) is 40.8 Å². The van der Waals surface area contributed by atoms with Crippen LogP contribution in [0.15, 0.2) is 24.3 Å². The SMILES string of the molecule is NCC1(C(=O)Nc2cccc(-c3n[nH]c(C4CC4)n3)c2)CCOCC1. The lowest BCUT2D eigenvalue weighted by Crippen LogP contribution is -2.46. The number of amides is 1. The van der Waals surface area contributed by atoms with Crippen LogP contribution in [0.4, 0.5) is 5.69 Å². The van der Waals surface area contributed by atoms with Crippen molar-refractivity contribution in [1.29, 1.82) is 0 Å². The number of anilines is 1. The number of rotatable bonds is 5. The molecule has 1 aliphatic heterocycles. The molecular weight excluding hydrogens is 318 g/mol. The summed E-state index contributed by atoms with van der Waals surface area (Å²) in [4.78, 5) is 17.4. The molecule has 1 aliphatic carbocycles. The quantitative estimate of drug-likeness (QED) is 0.772. The standard InChI is InChI=1S/C18H23N5O2/c19-11-18(6-8-25-9-7-18)17(24)20-14-3-1-2-13(10-14)16-21-15(22-23-16)12-4-5-12/h1-3,10,12H,4-9,11,19H2,(H,20,24)(H,21,22,23). The van der Waals surface area contributed by atoms with Gasteiger partial charge in [0.2, 0.25) is 5.91 Å². The molecule has 25 heavy (non-hydrogen) atoms. The molecule has 0 spiro atoms. The van der Waals surface area contributed by atoms with Gasteiger partial charge in [0.1, 0.15) is 5.82 Å². The van der Waals surface area contributed by atoms with E-state index in [0.717, 1.165) is 17.1 Å². The number of aromatic nitrogens is 3. The number of ether oxygens (including phenoxy) is 1. The largest absolute Gasteiger partial charge is 0.381 e. The van der Waals surface area contributed by atoms with Crippen molar-refractivity contribution in [3.63, 3.8) is 0 Å². The second-order valence-corrected chi connectivity index (χ2v) is 6.95. The number of nitrogens with zero attached hydrogens (tertiary/aromatic N) is 2. The van der Waals surface area contributed by atoms with Gasteiger partial charge in [-0.25, -0.2) is 4.98 Å². The molecule has 4 N–H and O–H groups in total. The zero-order valence-corrected chi connectivity index (χ0v) is 14.1. The molecular formula is C18H23N5O2. The molecule has 2 aromatic rings. The summed E-state index contributed by atoms with van der Waals surface area (Å²) >= 11 is 0. The first-order valence-electron chi connectivity index (χ1n) is 8.82. The molecule has 1 aromatic carbocycles. The fraction of sp³-hybridized carbons (Fsp3) is 0.500. The van der Waals surface area contributed by atoms with Crippen molar-refractivity contribution in [1.82, 2.24) is 15.2 Å². The van der Waals surface area contributed by atoms with Gasteiger partial charge < -0.3 is 15.8 Å². The lowest BCUT2D eigenvalue weighted by molar-refractivity contribution is -0.130. The summed E-state index contributed by atoms with van der Waals surface area (Å²) in [7, 11) is 0. The highest BCUT2D eigenvalue weighted by Crippen LogP contribution is 2.38. The van der Waals surface area contributed by atoms with E-state index in [1.807, 2.05) is 24.3 Å². The molecule has 2 aliphatic rings. The lowest BCUT2D eigenvalue weighted by Gasteiger charge is -2.34. The minimum absolute atomic E-state index is 0.0379. The third-order valence-corrected chi connectivity index (χ3v) is 5.17. The van der Waals surface area contributed by atoms with Crippen molar-refractivity contribution in [2.45, 2.75) is 31.6 Å². The van der Waals surface area contributed by atoms with Crippen molar-refractivity contribution in [3.8, 4) is 11.4 Å². The predicted octanol–water partition coefficient (Wildman–Crippen LogP) is 2.04. The Bertz CT molecular complexity index is 762. The van der Waals surface area contributed by atoms with Crippen molar-refractivity contribution in [3.05, 3.63) is 30.1 Å². The normalized spacial score (nSPS) is 19.6. The summed E-state index contributed by atoms with van der Waals surface area (Å²) in [6.45, 7) is 1.48. The zero-order valence-electron chi connectivity index (χ0n) is 14.1. The number of nitrogens with one attached hydrogen (secondary N) is 2. The summed E-state index contributed by atoms with van der Waals surface area (Å²) in [5.41, 5.74) is 6.99. The number of aromatic amines is 1. The van der Waals surface area contributed by atoms with Gasteiger partial charge in [-0.05, 0) is 37.8 Å². The highest BCUT2D eigenvalue weighted by Gasteiger charge is 2.38. The highest BCUT2D eigenvalue weighted by atomic mass is 16.5. The van der Waals surface area contributed by atoms with Gasteiger partial charge in [-0.2, -0.15) is 5.10 Å². The highest BCUT2D eigenvalue weighted by molar-refractivity contribution is 5.96. The van der Waals surface area contributed by atoms with Crippen LogP contribution in [0.3, 0.4) is 0 Å². The maximum Gasteiger partial charge on any atom is 0.232 e. The van der Waals surface area contributed by atoms with Gasteiger partial charge in [0.05, 0.1) is 5.41 Å². The number of carbonyl (C=O) groups excluding carboxylic acids is 1. The van der Waals surface area contributed by atoms with E-state index in [4.69, 9.17) is 10.5 Å². The third kappa shape index (κ3) is 3.29. The summed E-state index contributed by atoms with van der Waals surface area (Å²) in [6, 6.07) is 7.63. The van der Waals surface area contributed by atoms with Gasteiger partial charge in [-0.3, -0.25) is 9.89 Å². The Hall–Kier alpha value is -2.25. The van der Waals surface area contributed by atoms with E-state index in [-0.39, 0.29) is 5.91 Å². The molecule has 1 aromatic heterocycles. The zero-order chi connectivity index (χ0) is 17.3. The van der Waals surface area contributed by atoms with Crippen LogP contribution in [-0.2, 0) is 9.53 Å². The number of hydrogen-bond donors (Lipinski definition) is 3. The average Bonchev–Trinajstić information content (AvgIpc) is 3.39. The van der Waals surface area contributed by atoms with Crippen LogP contribution in [0.25, 0.3) is 11.4 Å². The fourth-order valence-corrected chi connectivity index (χ4v) is 3.23. The van der Waals surface area contributed by atoms with Crippen LogP contribution < -0.4 is 11.1 Å². The molecule has 7 heteroatoms. The van der Waals surface area contributed by atoms with E-state index in [1.165, 1.54) is 12.8 Å². The number of carbonyl (C=O) groups is 1. The van der Waals surface area contributed by atoms with E-state index >= 15 is 0 Å². The molecule has 2 heterocycles. The molecule has 0 radical (unpaired) electrons. The number of nitrogens with two attached hydrogens (primary N) is 1. The minimum atomic E-state index is -0.544. The average molecular weight is 341 g/mol. The second-order valence-electron chi connectivity index (χ2n) is 6.95. The van der Waals surface area contributed by atoms with Crippen LogP contribution in [0, 0.1) is 5.41 Å². The van der Waals surface area contributed by atoms with Crippen molar-refractivity contribution in [2.24, 2.45) is 11.1 Å². The third-order valence-electron chi connectivity index (χ3n) is 5.17. The smallest absolute Gasteiger partial charge is 0.232 e. The summed E-state index contributed by atoms with van der Waals surface area (Å²) < 4.78 is 5.38. The fourth-order valence-electron chi connectivity index (χ4n) is 3.23. The summed E-state index contributed by atoms with van der Waals surface area (Å²) in [6.07, 6.45) is 3.66. The van der Waals surface area contributed by atoms with Gasteiger partial charge in [0, 0.05) is 36.9 Å². The first-order valence-corrected chi connectivity index (χ1v) is 8.82. The lowest BCUT2D eigenvalue weighted by atomic mass is 9.79. The molecule has 0 unspecified atom stereocenters. The van der Waals surface area contributed by atoms with Crippen LogP contribution in [0.2, 0.25) is 0 Å². The molecule has 0 atom stereocenters. The summed E-state index contributed by atoms with van der Waals surface area (Å²) in [5.74, 6) is 2.11. The number of benzene rings is 1. The van der Waals surface area contributed by atoms with E-state index < -0.39 is 5.41 Å². The molecule has 0 bridgehead atoms. The van der Waals surface area contributed by atoms with E-state index in [0.29, 0.717) is 44.3 Å². The van der Waals surface area contributed by atoms with Crippen molar-refractivity contribution in [2.75, 3.05) is 25.1 Å². The maximum atomic E-state index is 12.8. The van der Waals surface area contributed by atoms with E-state index in [9.17, 15) is 4.79 Å². The first-order chi connectivity index (χ1) is 12.2. The van der Waals surface area contributed by atoms with Gasteiger partial charge in [0.25, 0.3) is 0 Å². The Morgan fingerprint density at radius 2 is 2.16 bits per heavy atom. The van der Waals surface area contributed by atoms with Gasteiger partial charge >= 0.3 is 0 Å². The molecule has 7 nitrogen and oxygen atoms in total. The Labute approximate surface area is 146 Å². The van der Waals surface area contributed by atoms with Gasteiger partial charge in [0.15, 0.2) is 5.82 Å². The van der Waals surface area contributed by atoms with Crippen LogP contribution in [0.5, 0.6) is 0 Å². The summed E-state index contributed by atoms with van der Waals surface area (Å²) in [5, 5.41) is 10.3. The molecule has 132 valence electrons. The number of hydrogen-bond acceptors (Lipinski definition) is 5. The molecule has 1 saturated heterocycles. The Morgan fingerprint density at radius 3 is 2.88 bits per heavy atom. The predicted molar refractivity (Wildman–Crippen MR) is 94.0 cm³/mol.